The third-order valence-electron chi connectivity index (χ3n) is 4.57. The first-order valence-electron chi connectivity index (χ1n) is 6.88. The van der Waals surface area contributed by atoms with E-state index in [1.165, 1.54) is 43.2 Å². The van der Waals surface area contributed by atoms with E-state index in [1.54, 1.807) is 0 Å². The van der Waals surface area contributed by atoms with Gasteiger partial charge in [0.25, 0.3) is 0 Å². The van der Waals surface area contributed by atoms with Gasteiger partial charge in [-0.3, -0.25) is 0 Å². The molecule has 0 spiro atoms. The second-order valence-electron chi connectivity index (χ2n) is 5.70. The van der Waals surface area contributed by atoms with Crippen molar-refractivity contribution < 1.29 is 0 Å². The Morgan fingerprint density at radius 3 is 2.82 bits per heavy atom. The molecule has 1 fully saturated rings. The summed E-state index contributed by atoms with van der Waals surface area (Å²) < 4.78 is 0. The quantitative estimate of drug-likeness (QED) is 0.783. The summed E-state index contributed by atoms with van der Waals surface area (Å²) in [4.78, 5) is 0. The summed E-state index contributed by atoms with van der Waals surface area (Å²) in [7, 11) is 0. The smallest absolute Gasteiger partial charge is 0.0328 e. The fraction of sp³-hybridized carbons (Fsp3) is 0.600. The maximum atomic E-state index is 5.84. The molecule has 2 atom stereocenters. The van der Waals surface area contributed by atoms with Crippen molar-refractivity contribution in [2.75, 3.05) is 5.73 Å². The molecular weight excluding hydrogens is 208 g/mol. The van der Waals surface area contributed by atoms with Gasteiger partial charge in [0, 0.05) is 17.8 Å². The molecule has 2 aliphatic rings. The van der Waals surface area contributed by atoms with Gasteiger partial charge in [-0.15, -0.1) is 0 Å². The molecule has 0 aromatic heterocycles. The Bertz CT molecular complexity index is 409. The van der Waals surface area contributed by atoms with E-state index in [1.807, 2.05) is 6.07 Å². The van der Waals surface area contributed by atoms with E-state index in [2.05, 4.69) is 24.4 Å². The number of anilines is 1. The van der Waals surface area contributed by atoms with E-state index in [-0.39, 0.29) is 0 Å². The molecule has 17 heavy (non-hydrogen) atoms. The first-order chi connectivity index (χ1) is 8.24. The van der Waals surface area contributed by atoms with Gasteiger partial charge in [0.2, 0.25) is 0 Å². The highest BCUT2D eigenvalue weighted by Crippen LogP contribution is 2.35. The number of rotatable bonds is 3. The summed E-state index contributed by atoms with van der Waals surface area (Å²) in [6.45, 7) is 2.35. The minimum absolute atomic E-state index is 0.557. The van der Waals surface area contributed by atoms with Crippen LogP contribution in [0.2, 0.25) is 0 Å². The largest absolute Gasteiger partial charge is 0.399 e. The molecule has 2 unspecified atom stereocenters. The Hall–Kier alpha value is -1.02. The van der Waals surface area contributed by atoms with Gasteiger partial charge in [-0.1, -0.05) is 12.5 Å². The molecule has 2 nitrogen and oxygen atoms in total. The topological polar surface area (TPSA) is 38.0 Å². The fourth-order valence-electron chi connectivity index (χ4n) is 3.20. The molecule has 0 radical (unpaired) electrons. The summed E-state index contributed by atoms with van der Waals surface area (Å²) in [6, 6.07) is 7.61. The molecule has 3 rings (SSSR count). The average molecular weight is 230 g/mol. The normalized spacial score (nSPS) is 25.4. The molecule has 1 saturated carbocycles. The van der Waals surface area contributed by atoms with Gasteiger partial charge >= 0.3 is 0 Å². The highest BCUT2D eigenvalue weighted by molar-refractivity contribution is 5.47. The summed E-state index contributed by atoms with van der Waals surface area (Å²) in [5.74, 6) is 0.910. The van der Waals surface area contributed by atoms with Crippen LogP contribution in [-0.4, -0.2) is 6.04 Å². The predicted octanol–water partition coefficient (Wildman–Crippen LogP) is 3.03. The van der Waals surface area contributed by atoms with E-state index in [0.29, 0.717) is 12.1 Å². The van der Waals surface area contributed by atoms with Crippen LogP contribution >= 0.6 is 0 Å². The van der Waals surface area contributed by atoms with E-state index < -0.39 is 0 Å². The second-order valence-corrected chi connectivity index (χ2v) is 5.70. The SMILES string of the molecule is CC(NC1CCc2cc(N)ccc21)C1CCC1. The molecule has 0 amide bonds. The van der Waals surface area contributed by atoms with Crippen molar-refractivity contribution in [1.29, 1.82) is 0 Å². The Labute approximate surface area is 104 Å². The second kappa shape index (κ2) is 4.34. The number of hydrogen-bond acceptors (Lipinski definition) is 2. The number of hydrogen-bond donors (Lipinski definition) is 2. The summed E-state index contributed by atoms with van der Waals surface area (Å²) in [6.07, 6.45) is 6.66. The zero-order valence-electron chi connectivity index (χ0n) is 10.6. The number of fused-ring (bicyclic) bond motifs is 1. The standard InChI is InChI=1S/C15H22N2/c1-10(11-3-2-4-11)17-15-8-5-12-9-13(16)6-7-14(12)15/h6-7,9-11,15,17H,2-5,8,16H2,1H3. The van der Waals surface area contributed by atoms with Crippen molar-refractivity contribution in [1.82, 2.24) is 5.32 Å². The van der Waals surface area contributed by atoms with Crippen LogP contribution in [0.15, 0.2) is 18.2 Å². The molecule has 1 aromatic rings. The minimum atomic E-state index is 0.557. The number of nitrogen functional groups attached to an aromatic ring is 1. The number of nitrogens with one attached hydrogen (secondary N) is 1. The van der Waals surface area contributed by atoms with Gasteiger partial charge in [0.1, 0.15) is 0 Å². The van der Waals surface area contributed by atoms with Gasteiger partial charge in [0.15, 0.2) is 0 Å². The van der Waals surface area contributed by atoms with Gasteiger partial charge < -0.3 is 11.1 Å². The van der Waals surface area contributed by atoms with Crippen LogP contribution in [0.25, 0.3) is 0 Å². The average Bonchev–Trinajstić information content (AvgIpc) is 2.58. The zero-order valence-corrected chi connectivity index (χ0v) is 10.6. The van der Waals surface area contributed by atoms with Crippen LogP contribution < -0.4 is 11.1 Å². The molecule has 3 N–H and O–H groups in total. The third-order valence-corrected chi connectivity index (χ3v) is 4.57. The molecule has 0 heterocycles. The van der Waals surface area contributed by atoms with Crippen LogP contribution in [0.1, 0.15) is 49.8 Å². The van der Waals surface area contributed by atoms with Crippen LogP contribution in [0, 0.1) is 5.92 Å². The zero-order chi connectivity index (χ0) is 11.8. The lowest BCUT2D eigenvalue weighted by molar-refractivity contribution is 0.226. The lowest BCUT2D eigenvalue weighted by Crippen LogP contribution is -2.38. The minimum Gasteiger partial charge on any atom is -0.399 e. The van der Waals surface area contributed by atoms with Gasteiger partial charge in [0.05, 0.1) is 0 Å². The Balaban J connectivity index is 1.70. The Morgan fingerprint density at radius 2 is 2.12 bits per heavy atom. The predicted molar refractivity (Wildman–Crippen MR) is 71.9 cm³/mol. The molecular formula is C15H22N2. The first kappa shape index (κ1) is 11.1. The number of aryl methyl sites for hydroxylation is 1. The maximum Gasteiger partial charge on any atom is 0.0328 e. The highest BCUT2D eigenvalue weighted by Gasteiger charge is 2.28. The summed E-state index contributed by atoms with van der Waals surface area (Å²) in [5, 5.41) is 3.82. The molecule has 2 heteroatoms. The van der Waals surface area contributed by atoms with Gasteiger partial charge in [-0.25, -0.2) is 0 Å². The van der Waals surface area contributed by atoms with Gasteiger partial charge in [-0.05, 0) is 61.8 Å². The van der Waals surface area contributed by atoms with Crippen molar-refractivity contribution in [2.45, 2.75) is 51.1 Å². The molecule has 0 aliphatic heterocycles. The number of benzene rings is 1. The van der Waals surface area contributed by atoms with E-state index in [4.69, 9.17) is 5.73 Å². The highest BCUT2D eigenvalue weighted by atomic mass is 15.0. The van der Waals surface area contributed by atoms with Crippen molar-refractivity contribution >= 4 is 5.69 Å². The van der Waals surface area contributed by atoms with Crippen LogP contribution in [0.3, 0.4) is 0 Å². The van der Waals surface area contributed by atoms with Crippen LogP contribution in [-0.2, 0) is 6.42 Å². The Morgan fingerprint density at radius 1 is 1.29 bits per heavy atom. The summed E-state index contributed by atoms with van der Waals surface area (Å²) in [5.41, 5.74) is 9.66. The van der Waals surface area contributed by atoms with Crippen LogP contribution in [0.5, 0.6) is 0 Å². The van der Waals surface area contributed by atoms with Crippen molar-refractivity contribution in [3.05, 3.63) is 29.3 Å². The number of nitrogens with two attached hydrogens (primary N) is 1. The Kier molecular flexibility index (Phi) is 2.83. The lowest BCUT2D eigenvalue weighted by Gasteiger charge is -2.34. The van der Waals surface area contributed by atoms with Crippen molar-refractivity contribution in [3.63, 3.8) is 0 Å². The first-order valence-corrected chi connectivity index (χ1v) is 6.88. The lowest BCUT2D eigenvalue weighted by atomic mass is 9.80. The van der Waals surface area contributed by atoms with E-state index in [0.717, 1.165) is 11.6 Å². The molecule has 2 aliphatic carbocycles. The maximum absolute atomic E-state index is 5.84. The monoisotopic (exact) mass is 230 g/mol. The van der Waals surface area contributed by atoms with E-state index >= 15 is 0 Å². The molecule has 92 valence electrons. The molecule has 1 aromatic carbocycles. The van der Waals surface area contributed by atoms with Crippen molar-refractivity contribution in [2.24, 2.45) is 5.92 Å². The van der Waals surface area contributed by atoms with E-state index in [9.17, 15) is 0 Å². The van der Waals surface area contributed by atoms with Crippen LogP contribution in [0.4, 0.5) is 5.69 Å². The fourth-order valence-corrected chi connectivity index (χ4v) is 3.20. The molecule has 0 saturated heterocycles. The summed E-state index contributed by atoms with van der Waals surface area (Å²) >= 11 is 0. The third kappa shape index (κ3) is 2.06. The van der Waals surface area contributed by atoms with Gasteiger partial charge in [-0.2, -0.15) is 0 Å². The van der Waals surface area contributed by atoms with Crippen molar-refractivity contribution in [3.8, 4) is 0 Å². The molecule has 0 bridgehead atoms.